The molecular formula is C28H33F3N4O2S. The molecule has 1 N–H and O–H groups in total. The first-order valence-electron chi connectivity index (χ1n) is 12.8. The zero-order chi connectivity index (χ0) is 27.3. The number of halogens is 3. The Kier molecular flexibility index (Phi) is 8.60. The maximum atomic E-state index is 13.9. The van der Waals surface area contributed by atoms with Crippen molar-refractivity contribution in [2.75, 3.05) is 25.0 Å². The molecule has 0 spiro atoms. The van der Waals surface area contributed by atoms with Crippen molar-refractivity contribution in [2.45, 2.75) is 56.1 Å². The second-order valence-corrected chi connectivity index (χ2v) is 11.6. The number of sulfonamides is 1. The Morgan fingerprint density at radius 3 is 2.50 bits per heavy atom. The Morgan fingerprint density at radius 2 is 1.84 bits per heavy atom. The van der Waals surface area contributed by atoms with Gasteiger partial charge < -0.3 is 4.90 Å². The summed E-state index contributed by atoms with van der Waals surface area (Å²) in [5.74, 6) is 1.06. The van der Waals surface area contributed by atoms with E-state index >= 15 is 0 Å². The summed E-state index contributed by atoms with van der Waals surface area (Å²) in [4.78, 5) is 10.2. The Bertz CT molecular complexity index is 1330. The van der Waals surface area contributed by atoms with E-state index in [-0.39, 0.29) is 16.8 Å². The molecule has 2 aliphatic rings. The lowest BCUT2D eigenvalue weighted by Crippen LogP contribution is -2.35. The first kappa shape index (κ1) is 27.9. The van der Waals surface area contributed by atoms with E-state index in [4.69, 9.17) is 0 Å². The van der Waals surface area contributed by atoms with Crippen molar-refractivity contribution in [1.29, 1.82) is 0 Å². The van der Waals surface area contributed by atoms with Gasteiger partial charge in [-0.25, -0.2) is 4.98 Å². The Morgan fingerprint density at radius 1 is 1.08 bits per heavy atom. The number of allylic oxidation sites excluding steroid dienone is 2. The van der Waals surface area contributed by atoms with Gasteiger partial charge in [0, 0.05) is 20.1 Å². The zero-order valence-electron chi connectivity index (χ0n) is 21.6. The summed E-state index contributed by atoms with van der Waals surface area (Å²) in [6, 6.07) is 11.8. The van der Waals surface area contributed by atoms with Crippen LogP contribution < -0.4 is 9.62 Å². The minimum atomic E-state index is -4.64. The lowest BCUT2D eigenvalue weighted by molar-refractivity contribution is -0.0872. The van der Waals surface area contributed by atoms with Gasteiger partial charge in [-0.1, -0.05) is 43.7 Å². The smallest absolute Gasteiger partial charge is 0.356 e. The number of benzene rings is 1. The minimum Gasteiger partial charge on any atom is -0.356 e. The summed E-state index contributed by atoms with van der Waals surface area (Å²) in [7, 11) is -2.86. The van der Waals surface area contributed by atoms with Crippen LogP contribution in [0.1, 0.15) is 56.1 Å². The van der Waals surface area contributed by atoms with Crippen LogP contribution in [-0.2, 0) is 10.0 Å². The van der Waals surface area contributed by atoms with Crippen LogP contribution in [0.15, 0.2) is 70.2 Å². The summed E-state index contributed by atoms with van der Waals surface area (Å²) in [6.07, 6.45) is 3.44. The third-order valence-electron chi connectivity index (χ3n) is 7.05. The van der Waals surface area contributed by atoms with Crippen molar-refractivity contribution < 1.29 is 21.6 Å². The van der Waals surface area contributed by atoms with Crippen LogP contribution in [0.25, 0.3) is 6.08 Å². The number of nitrogens with zero attached hydrogens (tertiary/aromatic N) is 3. The van der Waals surface area contributed by atoms with Crippen LogP contribution in [0.5, 0.6) is 0 Å². The third kappa shape index (κ3) is 6.83. The molecule has 38 heavy (non-hydrogen) atoms. The molecule has 1 saturated carbocycles. The number of pyridine rings is 1. The van der Waals surface area contributed by atoms with Crippen molar-refractivity contribution in [3.05, 3.63) is 71.3 Å². The largest absolute Gasteiger partial charge is 0.416 e. The molecule has 4 rings (SSSR count). The van der Waals surface area contributed by atoms with E-state index in [9.17, 15) is 21.6 Å². The van der Waals surface area contributed by atoms with E-state index in [1.165, 1.54) is 13.1 Å². The molecule has 1 aromatic heterocycles. The molecule has 204 valence electrons. The number of aliphatic imine (C=N–C) groups is 1. The van der Waals surface area contributed by atoms with Crippen molar-refractivity contribution >= 4 is 27.8 Å². The van der Waals surface area contributed by atoms with Gasteiger partial charge >= 0.3 is 6.18 Å². The van der Waals surface area contributed by atoms with E-state index in [0.29, 0.717) is 17.3 Å². The van der Waals surface area contributed by atoms with E-state index in [0.717, 1.165) is 69.0 Å². The first-order valence-corrected chi connectivity index (χ1v) is 14.3. The zero-order valence-corrected chi connectivity index (χ0v) is 22.4. The highest BCUT2D eigenvalue weighted by molar-refractivity contribution is 7.90. The van der Waals surface area contributed by atoms with Crippen LogP contribution in [0.2, 0.25) is 0 Å². The fourth-order valence-electron chi connectivity index (χ4n) is 4.77. The first-order chi connectivity index (χ1) is 18.1. The molecule has 2 heterocycles. The highest BCUT2D eigenvalue weighted by Gasteiger charge is 2.32. The van der Waals surface area contributed by atoms with Crippen LogP contribution in [0, 0.1) is 5.92 Å². The van der Waals surface area contributed by atoms with Crippen LogP contribution in [0.3, 0.4) is 0 Å². The molecule has 1 aromatic carbocycles. The molecule has 1 saturated heterocycles. The molecule has 1 unspecified atom stereocenters. The maximum absolute atomic E-state index is 13.9. The van der Waals surface area contributed by atoms with Crippen LogP contribution in [0.4, 0.5) is 19.0 Å². The molecule has 6 nitrogen and oxygen atoms in total. The number of aromatic nitrogens is 1. The lowest BCUT2D eigenvalue weighted by atomic mass is 9.78. The van der Waals surface area contributed by atoms with Gasteiger partial charge in [-0.2, -0.15) is 21.6 Å². The number of alkyl halides is 3. The molecule has 2 fully saturated rings. The standard InChI is InChI=1S/C28H33F3N4O2S/c1-20-8-7-17-35(19-20)26-13-6-14-27(33-26)38(36,37)34-25(32-2)16-15-23(28(29,30)31)18-22-9-3-4-12-24(22)21-10-5-11-21/h3-4,6,9,12-16,18,20-21H,5,7-8,10-11,17,19H2,1-2H3,(H,32,34)/b16-15-,23-18-. The Hall–Kier alpha value is -3.14. The molecule has 1 atom stereocenters. The molecule has 1 aliphatic heterocycles. The fourth-order valence-corrected chi connectivity index (χ4v) is 5.78. The Labute approximate surface area is 222 Å². The molecule has 0 bridgehead atoms. The number of anilines is 1. The summed E-state index contributed by atoms with van der Waals surface area (Å²) in [5, 5.41) is -0.219. The van der Waals surface area contributed by atoms with Gasteiger partial charge in [0.05, 0.1) is 5.57 Å². The summed E-state index contributed by atoms with van der Waals surface area (Å²) < 4.78 is 70.2. The Balaban J connectivity index is 1.55. The van der Waals surface area contributed by atoms with Gasteiger partial charge in [-0.3, -0.25) is 9.71 Å². The number of piperidine rings is 1. The third-order valence-corrected chi connectivity index (χ3v) is 8.30. The summed E-state index contributed by atoms with van der Waals surface area (Å²) in [5.41, 5.74) is 0.509. The van der Waals surface area contributed by atoms with Crippen molar-refractivity contribution in [2.24, 2.45) is 10.9 Å². The summed E-state index contributed by atoms with van der Waals surface area (Å²) >= 11 is 0. The predicted molar refractivity (Wildman–Crippen MR) is 145 cm³/mol. The van der Waals surface area contributed by atoms with Gasteiger partial charge in [0.15, 0.2) is 5.03 Å². The van der Waals surface area contributed by atoms with Crippen LogP contribution in [-0.4, -0.2) is 45.6 Å². The maximum Gasteiger partial charge on any atom is 0.416 e. The average molecular weight is 547 g/mol. The van der Waals surface area contributed by atoms with Crippen molar-refractivity contribution in [3.63, 3.8) is 0 Å². The number of hydrogen-bond donors (Lipinski definition) is 1. The second-order valence-electron chi connectivity index (χ2n) is 9.93. The molecule has 1 aliphatic carbocycles. The number of hydrogen-bond acceptors (Lipinski definition) is 5. The molecule has 0 radical (unpaired) electrons. The SMILES string of the molecule is CN=C(/C=C\C(=C\c1ccccc1C1CCC1)C(F)(F)F)NS(=O)(=O)c1cccc(N2CCCC(C)C2)n1. The van der Waals surface area contributed by atoms with Crippen LogP contribution >= 0.6 is 0 Å². The van der Waals surface area contributed by atoms with E-state index in [1.807, 2.05) is 17.0 Å². The average Bonchev–Trinajstić information content (AvgIpc) is 2.85. The number of rotatable bonds is 7. The van der Waals surface area contributed by atoms with E-state index < -0.39 is 21.8 Å². The minimum absolute atomic E-state index is 0.219. The normalized spacial score (nSPS) is 20.0. The highest BCUT2D eigenvalue weighted by Crippen LogP contribution is 2.39. The summed E-state index contributed by atoms with van der Waals surface area (Å²) in [6.45, 7) is 3.71. The number of amidine groups is 1. The van der Waals surface area contributed by atoms with Gasteiger partial charge in [0.25, 0.3) is 10.0 Å². The second kappa shape index (κ2) is 11.7. The number of nitrogens with one attached hydrogen (secondary N) is 1. The lowest BCUT2D eigenvalue weighted by Gasteiger charge is -2.31. The fraction of sp³-hybridized carbons (Fsp3) is 0.429. The van der Waals surface area contributed by atoms with Gasteiger partial charge in [-0.15, -0.1) is 0 Å². The van der Waals surface area contributed by atoms with Gasteiger partial charge in [0.1, 0.15) is 11.7 Å². The van der Waals surface area contributed by atoms with Gasteiger partial charge in [-0.05, 0) is 79.0 Å². The molecule has 10 heteroatoms. The van der Waals surface area contributed by atoms with Crippen molar-refractivity contribution in [1.82, 2.24) is 9.71 Å². The molecule has 0 amide bonds. The molecular weight excluding hydrogens is 513 g/mol. The topological polar surface area (TPSA) is 74.7 Å². The molecule has 2 aromatic rings. The highest BCUT2D eigenvalue weighted by atomic mass is 32.2. The monoisotopic (exact) mass is 546 g/mol. The predicted octanol–water partition coefficient (Wildman–Crippen LogP) is 6.09. The van der Waals surface area contributed by atoms with Gasteiger partial charge in [0.2, 0.25) is 0 Å². The van der Waals surface area contributed by atoms with Crippen molar-refractivity contribution in [3.8, 4) is 0 Å². The quantitative estimate of drug-likeness (QED) is 0.259. The van der Waals surface area contributed by atoms with E-state index in [2.05, 4.69) is 21.6 Å². The van der Waals surface area contributed by atoms with E-state index in [1.54, 1.807) is 24.3 Å².